The average molecular weight is 369 g/mol. The number of carboxylic acids is 1. The Bertz CT molecular complexity index is 543. The van der Waals surface area contributed by atoms with Crippen LogP contribution in [0.1, 0.15) is 33.1 Å². The SMILES string of the molecule is CC(=O)C1N(C2CCN(CC(=O)O)C(=O)[C@@H](N)C2)CCN1[C@H](C)CCN. The van der Waals surface area contributed by atoms with E-state index >= 15 is 0 Å². The highest BCUT2D eigenvalue weighted by Crippen LogP contribution is 2.27. The first-order valence-corrected chi connectivity index (χ1v) is 9.24. The van der Waals surface area contributed by atoms with Crippen molar-refractivity contribution in [2.75, 3.05) is 32.7 Å². The molecule has 2 aliphatic rings. The fourth-order valence-corrected chi connectivity index (χ4v) is 4.17. The van der Waals surface area contributed by atoms with E-state index < -0.39 is 12.0 Å². The van der Waals surface area contributed by atoms with Gasteiger partial charge in [0.05, 0.1) is 6.04 Å². The summed E-state index contributed by atoms with van der Waals surface area (Å²) in [6, 6.07) is -0.579. The Hall–Kier alpha value is -1.55. The van der Waals surface area contributed by atoms with E-state index in [1.54, 1.807) is 6.92 Å². The summed E-state index contributed by atoms with van der Waals surface area (Å²) in [5.74, 6) is -1.31. The van der Waals surface area contributed by atoms with E-state index in [-0.39, 0.29) is 36.5 Å². The molecule has 2 heterocycles. The minimum Gasteiger partial charge on any atom is -0.480 e. The minimum atomic E-state index is -1.05. The maximum absolute atomic E-state index is 12.4. The molecule has 5 N–H and O–H groups in total. The molecule has 2 rings (SSSR count). The Kier molecular flexibility index (Phi) is 7.10. The molecule has 148 valence electrons. The molecule has 0 aliphatic carbocycles. The van der Waals surface area contributed by atoms with Crippen LogP contribution in [0, 0.1) is 0 Å². The number of Topliss-reactive ketones (excluding diaryl/α,β-unsaturated/α-hetero) is 1. The first-order valence-electron chi connectivity index (χ1n) is 9.24. The number of rotatable bonds is 7. The van der Waals surface area contributed by atoms with Crippen molar-refractivity contribution >= 4 is 17.7 Å². The number of hydrogen-bond acceptors (Lipinski definition) is 7. The highest BCUT2D eigenvalue weighted by atomic mass is 16.4. The predicted octanol–water partition coefficient (Wildman–Crippen LogP) is -1.34. The molecule has 2 aliphatic heterocycles. The van der Waals surface area contributed by atoms with E-state index in [4.69, 9.17) is 16.6 Å². The molecular formula is C17H31N5O4. The summed E-state index contributed by atoms with van der Waals surface area (Å²) in [7, 11) is 0. The highest BCUT2D eigenvalue weighted by Gasteiger charge is 2.43. The van der Waals surface area contributed by atoms with E-state index in [0.29, 0.717) is 25.9 Å². The van der Waals surface area contributed by atoms with Crippen LogP contribution in [-0.2, 0) is 14.4 Å². The van der Waals surface area contributed by atoms with Crippen LogP contribution in [-0.4, -0.2) is 94.5 Å². The van der Waals surface area contributed by atoms with Gasteiger partial charge < -0.3 is 21.5 Å². The number of amides is 1. The smallest absolute Gasteiger partial charge is 0.323 e. The zero-order chi connectivity index (χ0) is 19.4. The second-order valence-electron chi connectivity index (χ2n) is 7.32. The third-order valence-corrected chi connectivity index (χ3v) is 5.44. The Labute approximate surface area is 154 Å². The molecule has 2 unspecified atom stereocenters. The molecule has 9 heteroatoms. The van der Waals surface area contributed by atoms with E-state index in [9.17, 15) is 14.4 Å². The molecule has 26 heavy (non-hydrogen) atoms. The highest BCUT2D eigenvalue weighted by molar-refractivity contribution is 5.85. The third-order valence-electron chi connectivity index (χ3n) is 5.44. The first kappa shape index (κ1) is 20.8. The van der Waals surface area contributed by atoms with Crippen LogP contribution >= 0.6 is 0 Å². The van der Waals surface area contributed by atoms with Crippen molar-refractivity contribution in [3.8, 4) is 0 Å². The number of carbonyl (C=O) groups excluding carboxylic acids is 2. The summed E-state index contributed by atoms with van der Waals surface area (Å²) in [6.45, 7) is 5.72. The summed E-state index contributed by atoms with van der Waals surface area (Å²) in [5.41, 5.74) is 11.7. The standard InChI is InChI=1S/C17H31N5O4/c1-11(3-5-18)21-7-8-22(16(21)12(2)23)13-4-6-20(10-15(24)25)17(26)14(19)9-13/h11,13-14,16H,3-10,18-19H2,1-2H3,(H,24,25)/t11-,13?,14+,16?/m1/s1. The summed E-state index contributed by atoms with van der Waals surface area (Å²) < 4.78 is 0. The molecule has 0 radical (unpaired) electrons. The lowest BCUT2D eigenvalue weighted by Gasteiger charge is -2.36. The fourth-order valence-electron chi connectivity index (χ4n) is 4.17. The van der Waals surface area contributed by atoms with Crippen molar-refractivity contribution in [3.05, 3.63) is 0 Å². The van der Waals surface area contributed by atoms with Crippen LogP contribution in [0.2, 0.25) is 0 Å². The second-order valence-corrected chi connectivity index (χ2v) is 7.32. The van der Waals surface area contributed by atoms with Crippen LogP contribution in [0.3, 0.4) is 0 Å². The van der Waals surface area contributed by atoms with Crippen molar-refractivity contribution in [2.45, 2.75) is 57.4 Å². The molecule has 0 aromatic heterocycles. The number of likely N-dealkylation sites (tertiary alicyclic amines) is 1. The van der Waals surface area contributed by atoms with Gasteiger partial charge in [0.2, 0.25) is 5.91 Å². The van der Waals surface area contributed by atoms with E-state index in [1.807, 2.05) is 0 Å². The predicted molar refractivity (Wildman–Crippen MR) is 96.2 cm³/mol. The van der Waals surface area contributed by atoms with Crippen molar-refractivity contribution in [2.24, 2.45) is 11.5 Å². The lowest BCUT2D eigenvalue weighted by molar-refractivity contribution is -0.144. The number of nitrogens with two attached hydrogens (primary N) is 2. The third kappa shape index (κ3) is 4.59. The molecule has 0 saturated carbocycles. The lowest BCUT2D eigenvalue weighted by Crippen LogP contribution is -2.52. The first-order chi connectivity index (χ1) is 12.3. The van der Waals surface area contributed by atoms with Gasteiger partial charge in [-0.25, -0.2) is 0 Å². The molecule has 0 aromatic carbocycles. The minimum absolute atomic E-state index is 0.0308. The number of hydrogen-bond donors (Lipinski definition) is 3. The van der Waals surface area contributed by atoms with Crippen molar-refractivity contribution in [1.29, 1.82) is 0 Å². The van der Waals surface area contributed by atoms with Gasteiger partial charge in [-0.3, -0.25) is 24.2 Å². The van der Waals surface area contributed by atoms with Gasteiger partial charge >= 0.3 is 5.97 Å². The van der Waals surface area contributed by atoms with Gasteiger partial charge in [0, 0.05) is 31.7 Å². The van der Waals surface area contributed by atoms with E-state index in [1.165, 1.54) is 4.90 Å². The number of aliphatic carboxylic acids is 1. The lowest BCUT2D eigenvalue weighted by atomic mass is 10.0. The number of ketones is 1. The summed E-state index contributed by atoms with van der Waals surface area (Å²) >= 11 is 0. The Morgan fingerprint density at radius 2 is 2.00 bits per heavy atom. The summed E-state index contributed by atoms with van der Waals surface area (Å²) in [6.07, 6.45) is 1.51. The Morgan fingerprint density at radius 3 is 2.58 bits per heavy atom. The van der Waals surface area contributed by atoms with Crippen LogP contribution in [0.5, 0.6) is 0 Å². The van der Waals surface area contributed by atoms with Crippen molar-refractivity contribution in [3.63, 3.8) is 0 Å². The normalized spacial score (nSPS) is 29.6. The monoisotopic (exact) mass is 369 g/mol. The van der Waals surface area contributed by atoms with Gasteiger partial charge in [0.25, 0.3) is 0 Å². The molecule has 0 bridgehead atoms. The van der Waals surface area contributed by atoms with Crippen LogP contribution in [0.15, 0.2) is 0 Å². The van der Waals surface area contributed by atoms with Gasteiger partial charge in [-0.1, -0.05) is 0 Å². The molecule has 2 fully saturated rings. The van der Waals surface area contributed by atoms with Gasteiger partial charge in [-0.05, 0) is 39.7 Å². The van der Waals surface area contributed by atoms with Gasteiger partial charge in [0.15, 0.2) is 5.78 Å². The maximum Gasteiger partial charge on any atom is 0.323 e. The number of carbonyl (C=O) groups is 3. The van der Waals surface area contributed by atoms with Gasteiger partial charge in [-0.2, -0.15) is 0 Å². The summed E-state index contributed by atoms with van der Waals surface area (Å²) in [4.78, 5) is 41.3. The van der Waals surface area contributed by atoms with Crippen LogP contribution in [0.4, 0.5) is 0 Å². The molecular weight excluding hydrogens is 338 g/mol. The topological polar surface area (TPSA) is 133 Å². The average Bonchev–Trinajstić information content (AvgIpc) is 2.96. The number of nitrogens with zero attached hydrogens (tertiary/aromatic N) is 3. The number of carboxylic acid groups (broad SMARTS) is 1. The second kappa shape index (κ2) is 8.90. The molecule has 0 spiro atoms. The molecule has 2 saturated heterocycles. The van der Waals surface area contributed by atoms with Crippen molar-refractivity contribution in [1.82, 2.24) is 14.7 Å². The Morgan fingerprint density at radius 1 is 1.31 bits per heavy atom. The molecule has 9 nitrogen and oxygen atoms in total. The zero-order valence-corrected chi connectivity index (χ0v) is 15.6. The Balaban J connectivity index is 2.14. The zero-order valence-electron chi connectivity index (χ0n) is 15.6. The van der Waals surface area contributed by atoms with Gasteiger partial charge in [-0.15, -0.1) is 0 Å². The summed E-state index contributed by atoms with van der Waals surface area (Å²) in [5, 5.41) is 8.99. The molecule has 4 atom stereocenters. The van der Waals surface area contributed by atoms with Crippen LogP contribution in [0.25, 0.3) is 0 Å². The molecule has 0 aromatic rings. The van der Waals surface area contributed by atoms with Crippen LogP contribution < -0.4 is 11.5 Å². The quantitative estimate of drug-likeness (QED) is 0.502. The largest absolute Gasteiger partial charge is 0.480 e. The van der Waals surface area contributed by atoms with E-state index in [0.717, 1.165) is 19.5 Å². The van der Waals surface area contributed by atoms with Gasteiger partial charge in [0.1, 0.15) is 12.7 Å². The van der Waals surface area contributed by atoms with E-state index in [2.05, 4.69) is 16.7 Å². The van der Waals surface area contributed by atoms with Crippen molar-refractivity contribution < 1.29 is 19.5 Å². The molecule has 1 amide bonds. The fraction of sp³-hybridized carbons (Fsp3) is 0.824. The maximum atomic E-state index is 12.4.